The SMILES string of the molecule is NC(Cc1ccc(Cl)cc1F)c1ccccc1C(F)(F)F. The number of benzene rings is 2. The van der Waals surface area contributed by atoms with Crippen LogP contribution < -0.4 is 5.73 Å². The molecule has 2 aromatic rings. The Bertz CT molecular complexity index is 640. The number of rotatable bonds is 3. The molecule has 0 aromatic heterocycles. The highest BCUT2D eigenvalue weighted by Crippen LogP contribution is 2.34. The number of alkyl halides is 3. The van der Waals surface area contributed by atoms with E-state index in [9.17, 15) is 17.6 Å². The van der Waals surface area contributed by atoms with Crippen molar-refractivity contribution in [1.29, 1.82) is 0 Å². The minimum absolute atomic E-state index is 0.0455. The molecule has 0 aliphatic heterocycles. The molecule has 0 saturated carbocycles. The van der Waals surface area contributed by atoms with Crippen molar-refractivity contribution in [3.63, 3.8) is 0 Å². The Kier molecular flexibility index (Phi) is 4.54. The predicted octanol–water partition coefficient (Wildman–Crippen LogP) is 4.74. The van der Waals surface area contributed by atoms with Crippen LogP contribution in [0.5, 0.6) is 0 Å². The number of hydrogen-bond acceptors (Lipinski definition) is 1. The maximum Gasteiger partial charge on any atom is 0.416 e. The zero-order chi connectivity index (χ0) is 15.6. The van der Waals surface area contributed by atoms with Gasteiger partial charge >= 0.3 is 6.18 Å². The van der Waals surface area contributed by atoms with E-state index in [2.05, 4.69) is 0 Å². The third-order valence-electron chi connectivity index (χ3n) is 3.12. The first-order chi connectivity index (χ1) is 9.79. The van der Waals surface area contributed by atoms with Crippen LogP contribution in [-0.2, 0) is 12.6 Å². The normalized spacial score (nSPS) is 13.2. The summed E-state index contributed by atoms with van der Waals surface area (Å²) in [5.41, 5.74) is 5.20. The molecule has 0 aliphatic rings. The fourth-order valence-electron chi connectivity index (χ4n) is 2.11. The maximum atomic E-state index is 13.7. The average Bonchev–Trinajstić information content (AvgIpc) is 2.41. The molecule has 2 rings (SSSR count). The molecule has 0 spiro atoms. The van der Waals surface area contributed by atoms with Gasteiger partial charge < -0.3 is 5.73 Å². The van der Waals surface area contributed by atoms with E-state index in [1.807, 2.05) is 0 Å². The molecule has 2 aromatic carbocycles. The van der Waals surface area contributed by atoms with Gasteiger partial charge in [0, 0.05) is 11.1 Å². The van der Waals surface area contributed by atoms with Gasteiger partial charge in [-0.3, -0.25) is 0 Å². The van der Waals surface area contributed by atoms with Gasteiger partial charge in [0.15, 0.2) is 0 Å². The predicted molar refractivity (Wildman–Crippen MR) is 73.5 cm³/mol. The van der Waals surface area contributed by atoms with Gasteiger partial charge in [-0.25, -0.2) is 4.39 Å². The minimum Gasteiger partial charge on any atom is -0.324 e. The van der Waals surface area contributed by atoms with Crippen LogP contribution in [-0.4, -0.2) is 0 Å². The molecule has 2 N–H and O–H groups in total. The summed E-state index contributed by atoms with van der Waals surface area (Å²) in [6, 6.07) is 8.09. The van der Waals surface area contributed by atoms with E-state index >= 15 is 0 Å². The molecule has 21 heavy (non-hydrogen) atoms. The van der Waals surface area contributed by atoms with Gasteiger partial charge in [0.05, 0.1) is 5.56 Å². The Hall–Kier alpha value is -1.59. The summed E-state index contributed by atoms with van der Waals surface area (Å²) in [6.07, 6.45) is -4.54. The molecule has 0 saturated heterocycles. The molecule has 0 bridgehead atoms. The van der Waals surface area contributed by atoms with E-state index in [4.69, 9.17) is 17.3 Å². The van der Waals surface area contributed by atoms with Gasteiger partial charge in [-0.2, -0.15) is 13.2 Å². The highest BCUT2D eigenvalue weighted by Gasteiger charge is 2.34. The zero-order valence-corrected chi connectivity index (χ0v) is 11.5. The fourth-order valence-corrected chi connectivity index (χ4v) is 2.27. The van der Waals surface area contributed by atoms with Gasteiger partial charge in [0.2, 0.25) is 0 Å². The lowest BCUT2D eigenvalue weighted by molar-refractivity contribution is -0.138. The first-order valence-electron chi connectivity index (χ1n) is 6.14. The molecule has 6 heteroatoms. The van der Waals surface area contributed by atoms with E-state index < -0.39 is 23.6 Å². The van der Waals surface area contributed by atoms with Crippen molar-refractivity contribution in [3.8, 4) is 0 Å². The van der Waals surface area contributed by atoms with E-state index in [1.54, 1.807) is 0 Å². The lowest BCUT2D eigenvalue weighted by Crippen LogP contribution is -2.19. The molecule has 1 unspecified atom stereocenters. The molecule has 0 fully saturated rings. The third-order valence-corrected chi connectivity index (χ3v) is 3.36. The highest BCUT2D eigenvalue weighted by atomic mass is 35.5. The average molecular weight is 318 g/mol. The Labute approximate surface area is 124 Å². The van der Waals surface area contributed by atoms with Gasteiger partial charge in [-0.05, 0) is 35.7 Å². The second kappa shape index (κ2) is 6.03. The second-order valence-corrected chi connectivity index (χ2v) is 5.07. The number of nitrogens with two attached hydrogens (primary N) is 1. The van der Waals surface area contributed by atoms with Crippen molar-refractivity contribution in [2.45, 2.75) is 18.6 Å². The zero-order valence-electron chi connectivity index (χ0n) is 10.8. The van der Waals surface area contributed by atoms with Crippen LogP contribution >= 0.6 is 11.6 Å². The van der Waals surface area contributed by atoms with Crippen molar-refractivity contribution < 1.29 is 17.6 Å². The number of halogens is 5. The summed E-state index contributed by atoms with van der Waals surface area (Å²) in [6.45, 7) is 0. The Balaban J connectivity index is 2.31. The maximum absolute atomic E-state index is 13.7. The van der Waals surface area contributed by atoms with Crippen LogP contribution in [0.25, 0.3) is 0 Å². The first-order valence-corrected chi connectivity index (χ1v) is 6.52. The van der Waals surface area contributed by atoms with Crippen molar-refractivity contribution in [2.75, 3.05) is 0 Å². The molecule has 0 aliphatic carbocycles. The van der Waals surface area contributed by atoms with Crippen LogP contribution in [0.15, 0.2) is 42.5 Å². The second-order valence-electron chi connectivity index (χ2n) is 4.63. The fraction of sp³-hybridized carbons (Fsp3) is 0.200. The van der Waals surface area contributed by atoms with Crippen molar-refractivity contribution in [2.24, 2.45) is 5.73 Å². The summed E-state index contributed by atoms with van der Waals surface area (Å²) < 4.78 is 52.5. The van der Waals surface area contributed by atoms with Crippen LogP contribution in [0.3, 0.4) is 0 Å². The minimum atomic E-state index is -4.49. The first kappa shape index (κ1) is 15.8. The lowest BCUT2D eigenvalue weighted by Gasteiger charge is -2.18. The third kappa shape index (κ3) is 3.74. The van der Waals surface area contributed by atoms with Gasteiger partial charge in [0.1, 0.15) is 5.82 Å². The molecule has 0 heterocycles. The topological polar surface area (TPSA) is 26.0 Å². The summed E-state index contributed by atoms with van der Waals surface area (Å²) in [5, 5.41) is 0.223. The summed E-state index contributed by atoms with van der Waals surface area (Å²) in [4.78, 5) is 0. The summed E-state index contributed by atoms with van der Waals surface area (Å²) in [7, 11) is 0. The summed E-state index contributed by atoms with van der Waals surface area (Å²) >= 11 is 5.64. The summed E-state index contributed by atoms with van der Waals surface area (Å²) in [5.74, 6) is -0.581. The van der Waals surface area contributed by atoms with Gasteiger partial charge in [0.25, 0.3) is 0 Å². The largest absolute Gasteiger partial charge is 0.416 e. The Morgan fingerprint density at radius 2 is 1.76 bits per heavy atom. The smallest absolute Gasteiger partial charge is 0.324 e. The van der Waals surface area contributed by atoms with Crippen LogP contribution in [0.4, 0.5) is 17.6 Å². The van der Waals surface area contributed by atoms with Crippen molar-refractivity contribution in [3.05, 3.63) is 70.0 Å². The Morgan fingerprint density at radius 1 is 1.10 bits per heavy atom. The molecule has 1 atom stereocenters. The molecule has 1 nitrogen and oxygen atoms in total. The number of hydrogen-bond donors (Lipinski definition) is 1. The quantitative estimate of drug-likeness (QED) is 0.813. The molecular weight excluding hydrogens is 306 g/mol. The Morgan fingerprint density at radius 3 is 2.38 bits per heavy atom. The van der Waals surface area contributed by atoms with E-state index in [-0.39, 0.29) is 22.6 Å². The highest BCUT2D eigenvalue weighted by molar-refractivity contribution is 6.30. The van der Waals surface area contributed by atoms with Crippen molar-refractivity contribution >= 4 is 11.6 Å². The van der Waals surface area contributed by atoms with Crippen LogP contribution in [0.2, 0.25) is 5.02 Å². The molecule has 112 valence electrons. The van der Waals surface area contributed by atoms with Crippen molar-refractivity contribution in [1.82, 2.24) is 0 Å². The van der Waals surface area contributed by atoms with E-state index in [1.165, 1.54) is 30.3 Å². The molecule has 0 radical (unpaired) electrons. The van der Waals surface area contributed by atoms with E-state index in [0.29, 0.717) is 0 Å². The monoisotopic (exact) mass is 317 g/mol. The van der Waals surface area contributed by atoms with E-state index in [0.717, 1.165) is 12.1 Å². The lowest BCUT2D eigenvalue weighted by atomic mass is 9.95. The van der Waals surface area contributed by atoms with Crippen LogP contribution in [0.1, 0.15) is 22.7 Å². The molecular formula is C15H12ClF4N. The van der Waals surface area contributed by atoms with Crippen LogP contribution in [0, 0.1) is 5.82 Å². The van der Waals surface area contributed by atoms with Gasteiger partial charge in [-0.15, -0.1) is 0 Å². The van der Waals surface area contributed by atoms with Gasteiger partial charge in [-0.1, -0.05) is 35.9 Å². The standard InChI is InChI=1S/C15H12ClF4N/c16-10-6-5-9(13(17)8-10)7-14(21)11-3-1-2-4-12(11)15(18,19)20/h1-6,8,14H,7,21H2. The molecule has 0 amide bonds.